The minimum Gasteiger partial charge on any atom is -0.508 e. The summed E-state index contributed by atoms with van der Waals surface area (Å²) in [5, 5.41) is 45.1. The van der Waals surface area contributed by atoms with Gasteiger partial charge in [0.15, 0.2) is 0 Å². The van der Waals surface area contributed by atoms with Crippen LogP contribution in [0.5, 0.6) is 11.5 Å². The summed E-state index contributed by atoms with van der Waals surface area (Å²) in [4.78, 5) is 139. The molecule has 0 spiro atoms. The highest BCUT2D eigenvalue weighted by Gasteiger charge is 2.42. The van der Waals surface area contributed by atoms with Crippen molar-refractivity contribution in [1.82, 2.24) is 41.7 Å². The molecule has 0 radical (unpaired) electrons. The third kappa shape index (κ3) is 18.7. The second-order valence-electron chi connectivity index (χ2n) is 20.4. The third-order valence-corrected chi connectivity index (χ3v) is 14.3. The fourth-order valence-electron chi connectivity index (χ4n) is 9.50. The number of nitrogens with one attached hydrogen (secondary N) is 6. The van der Waals surface area contributed by atoms with Crippen LogP contribution in [-0.2, 0) is 67.2 Å². The Morgan fingerprint density at radius 3 is 1.58 bits per heavy atom. The van der Waals surface area contributed by atoms with Gasteiger partial charge >= 0.3 is 5.97 Å². The number of carbonyl (C=O) groups is 10. The molecule has 3 aromatic carbocycles. The Kier molecular flexibility index (Phi) is 23.5. The number of carbonyl (C=O) groups excluding carboxylic acids is 9. The number of carboxylic acid groups (broad SMARTS) is 1. The topological polar surface area (TPSA) is 362 Å². The number of hydrogen-bond acceptors (Lipinski definition) is 14. The molecule has 2 aliphatic rings. The number of primary amides is 1. The van der Waals surface area contributed by atoms with E-state index in [1.807, 2.05) is 6.26 Å². The maximum absolute atomic E-state index is 14.6. The van der Waals surface area contributed by atoms with Gasteiger partial charge in [-0.05, 0) is 111 Å². The molecule has 2 aliphatic heterocycles. The van der Waals surface area contributed by atoms with Gasteiger partial charge in [-0.3, -0.25) is 43.2 Å². The predicted molar refractivity (Wildman–Crippen MR) is 292 cm³/mol. The summed E-state index contributed by atoms with van der Waals surface area (Å²) >= 11 is 1.44. The number of carboxylic acids is 1. The molecule has 9 amide bonds. The van der Waals surface area contributed by atoms with Gasteiger partial charge in [0.1, 0.15) is 59.8 Å². The Labute approximate surface area is 463 Å². The van der Waals surface area contributed by atoms with E-state index >= 15 is 0 Å². The Balaban J connectivity index is 1.27. The van der Waals surface area contributed by atoms with E-state index in [4.69, 9.17) is 11.5 Å². The van der Waals surface area contributed by atoms with Crippen molar-refractivity contribution in [3.63, 3.8) is 0 Å². The summed E-state index contributed by atoms with van der Waals surface area (Å²) < 4.78 is 0. The third-order valence-electron chi connectivity index (χ3n) is 13.6. The summed E-state index contributed by atoms with van der Waals surface area (Å²) in [5.41, 5.74) is 13.7. The zero-order valence-corrected chi connectivity index (χ0v) is 45.7. The van der Waals surface area contributed by atoms with E-state index < -0.39 is 120 Å². The number of phenolic OH excluding ortho intramolecular Hbond substituents is 2. The number of nitrogens with two attached hydrogens (primary N) is 2. The van der Waals surface area contributed by atoms with Crippen molar-refractivity contribution in [2.75, 3.05) is 25.1 Å². The van der Waals surface area contributed by atoms with Gasteiger partial charge < -0.3 is 68.5 Å². The summed E-state index contributed by atoms with van der Waals surface area (Å²) in [6.45, 7) is 5.11. The lowest BCUT2D eigenvalue weighted by Crippen LogP contribution is -2.60. The molecule has 2 fully saturated rings. The standard InChI is InChI=1S/C55H74N10O13S/c1-31(2)26-43(55(77)78)63-50(72)40(28-35-16-20-37(67)21-17-35)60-51(73)44-12-8-23-64(44)53(75)32(3)58-49(71)41(30-46(57)68)61-52(74)45-13-9-24-65(45)54(76)42(29-33-10-6-5-7-11-33)62-48(70)39(22-25-79-4)59-47(69)38(56)27-34-14-18-36(66)19-15-34/h5-7,10-11,14-21,31-32,38-45,66-67H,8-9,12-13,22-30,56H2,1-4H3,(H2,57,68)(H,58,71)(H,59,69)(H,60,73)(H,61,74)(H,62,70)(H,63,72)(H,77,78)/t32-,38-,39-,40-,41-,42-,43-,44-,45-/m0/s1. The van der Waals surface area contributed by atoms with Gasteiger partial charge in [-0.25, -0.2) is 4.79 Å². The Morgan fingerprint density at radius 2 is 1.05 bits per heavy atom. The fraction of sp³-hybridized carbons (Fsp3) is 0.491. The van der Waals surface area contributed by atoms with Crippen molar-refractivity contribution >= 4 is 70.9 Å². The number of hydrogen-bond donors (Lipinski definition) is 11. The van der Waals surface area contributed by atoms with Gasteiger partial charge in [-0.15, -0.1) is 0 Å². The van der Waals surface area contributed by atoms with Crippen LogP contribution in [0.2, 0.25) is 0 Å². The van der Waals surface area contributed by atoms with Crippen LogP contribution in [0.15, 0.2) is 78.9 Å². The number of benzene rings is 3. The number of amides is 9. The fourth-order valence-corrected chi connectivity index (χ4v) is 9.97. The van der Waals surface area contributed by atoms with Crippen molar-refractivity contribution in [3.8, 4) is 11.5 Å². The van der Waals surface area contributed by atoms with Crippen molar-refractivity contribution < 1.29 is 63.3 Å². The zero-order valence-electron chi connectivity index (χ0n) is 44.9. The summed E-state index contributed by atoms with van der Waals surface area (Å²) in [5.74, 6) is -7.76. The highest BCUT2D eigenvalue weighted by Crippen LogP contribution is 2.23. The molecule has 5 rings (SSSR count). The van der Waals surface area contributed by atoms with Crippen LogP contribution in [0, 0.1) is 5.92 Å². The first-order valence-electron chi connectivity index (χ1n) is 26.3. The normalized spacial score (nSPS) is 17.7. The smallest absolute Gasteiger partial charge is 0.326 e. The molecule has 79 heavy (non-hydrogen) atoms. The number of phenols is 2. The van der Waals surface area contributed by atoms with E-state index in [0.717, 1.165) is 0 Å². The number of nitrogens with zero attached hydrogens (tertiary/aromatic N) is 2. The molecule has 0 aliphatic carbocycles. The SMILES string of the molecule is CSCC[C@H](NC(=O)[C@@H](N)Cc1ccc(O)cc1)C(=O)N[C@@H](Cc1ccccc1)C(=O)N1CCC[C@H]1C(=O)N[C@@H](CC(N)=O)C(=O)N[C@@H](C)C(=O)N1CCC[C@H]1C(=O)N[C@@H](Cc1ccc(O)cc1)C(=O)N[C@@H](CC(C)C)C(=O)O. The first kappa shape index (κ1) is 62.1. The number of thioether (sulfide) groups is 1. The highest BCUT2D eigenvalue weighted by atomic mass is 32.2. The average molecular weight is 1120 g/mol. The molecule has 0 unspecified atom stereocenters. The molecule has 23 nitrogen and oxygen atoms in total. The minimum absolute atomic E-state index is 0.000649. The van der Waals surface area contributed by atoms with E-state index in [-0.39, 0.29) is 75.5 Å². The van der Waals surface area contributed by atoms with Crippen LogP contribution < -0.4 is 43.4 Å². The van der Waals surface area contributed by atoms with Crippen LogP contribution in [0.3, 0.4) is 0 Å². The first-order valence-corrected chi connectivity index (χ1v) is 27.7. The van der Waals surface area contributed by atoms with Crippen molar-refractivity contribution in [2.45, 2.75) is 139 Å². The second kappa shape index (κ2) is 29.9. The van der Waals surface area contributed by atoms with Gasteiger partial charge in [0.05, 0.1) is 12.5 Å². The Hall–Kier alpha value is -7.73. The van der Waals surface area contributed by atoms with Crippen LogP contribution >= 0.6 is 11.8 Å². The summed E-state index contributed by atoms with van der Waals surface area (Å²) in [6.07, 6.45) is 2.50. The van der Waals surface area contributed by atoms with E-state index in [0.29, 0.717) is 35.3 Å². The summed E-state index contributed by atoms with van der Waals surface area (Å²) in [6, 6.07) is 9.69. The number of aliphatic carboxylic acids is 1. The van der Waals surface area contributed by atoms with E-state index in [2.05, 4.69) is 31.9 Å². The maximum atomic E-state index is 14.6. The molecule has 0 aromatic heterocycles. The Morgan fingerprint density at radius 1 is 0.582 bits per heavy atom. The minimum atomic E-state index is -1.62. The van der Waals surface area contributed by atoms with Gasteiger partial charge in [0.2, 0.25) is 53.2 Å². The average Bonchev–Trinajstić information content (AvgIpc) is 4.12. The quantitative estimate of drug-likeness (QED) is 0.0460. The lowest BCUT2D eigenvalue weighted by molar-refractivity contribution is -0.144. The number of rotatable bonds is 28. The summed E-state index contributed by atoms with van der Waals surface area (Å²) in [7, 11) is 0. The maximum Gasteiger partial charge on any atom is 0.326 e. The van der Waals surface area contributed by atoms with Gasteiger partial charge in [-0.1, -0.05) is 68.4 Å². The zero-order chi connectivity index (χ0) is 57.9. The predicted octanol–water partition coefficient (Wildman–Crippen LogP) is 0.123. The second-order valence-corrected chi connectivity index (χ2v) is 21.4. The van der Waals surface area contributed by atoms with E-state index in [9.17, 15) is 63.3 Å². The van der Waals surface area contributed by atoms with Crippen molar-refractivity contribution in [3.05, 3.63) is 95.6 Å². The largest absolute Gasteiger partial charge is 0.508 e. The number of aromatic hydroxyl groups is 2. The molecule has 0 saturated carbocycles. The monoisotopic (exact) mass is 1110 g/mol. The molecule has 13 N–H and O–H groups in total. The van der Waals surface area contributed by atoms with Gasteiger partial charge in [0, 0.05) is 25.9 Å². The van der Waals surface area contributed by atoms with Crippen LogP contribution in [0.1, 0.15) is 82.4 Å². The van der Waals surface area contributed by atoms with Crippen LogP contribution in [0.4, 0.5) is 0 Å². The van der Waals surface area contributed by atoms with Crippen LogP contribution in [0.25, 0.3) is 0 Å². The number of likely N-dealkylation sites (tertiary alicyclic amines) is 2. The molecule has 2 saturated heterocycles. The van der Waals surface area contributed by atoms with Crippen molar-refractivity contribution in [2.24, 2.45) is 17.4 Å². The lowest BCUT2D eigenvalue weighted by atomic mass is 10.0. The Bertz CT molecular complexity index is 2630. The first-order chi connectivity index (χ1) is 37.5. The molecule has 0 bridgehead atoms. The van der Waals surface area contributed by atoms with E-state index in [1.54, 1.807) is 68.4 Å². The lowest BCUT2D eigenvalue weighted by Gasteiger charge is -2.31. The van der Waals surface area contributed by atoms with Gasteiger partial charge in [-0.2, -0.15) is 11.8 Å². The molecular weight excluding hydrogens is 1040 g/mol. The molecule has 2 heterocycles. The van der Waals surface area contributed by atoms with Crippen molar-refractivity contribution in [1.29, 1.82) is 0 Å². The molecular formula is C55H74N10O13S. The van der Waals surface area contributed by atoms with E-state index in [1.165, 1.54) is 52.8 Å². The molecule has 24 heteroatoms. The van der Waals surface area contributed by atoms with Crippen LogP contribution in [-0.4, -0.2) is 164 Å². The molecule has 428 valence electrons. The highest BCUT2D eigenvalue weighted by molar-refractivity contribution is 7.98. The van der Waals surface area contributed by atoms with Gasteiger partial charge in [0.25, 0.3) is 0 Å². The molecule has 3 aromatic rings. The molecule has 9 atom stereocenters.